The molecule has 1 aromatic rings. The minimum absolute atomic E-state index is 0.0411. The van der Waals surface area contributed by atoms with Gasteiger partial charge in [0.05, 0.1) is 5.56 Å². The number of aromatic amines is 1. The number of aliphatic carboxylic acids is 1. The van der Waals surface area contributed by atoms with Crippen molar-refractivity contribution in [1.29, 1.82) is 0 Å². The van der Waals surface area contributed by atoms with Crippen LogP contribution in [-0.2, 0) is 4.79 Å². The van der Waals surface area contributed by atoms with E-state index in [4.69, 9.17) is 5.11 Å². The molecule has 0 atom stereocenters. The Labute approximate surface area is 100 Å². The van der Waals surface area contributed by atoms with E-state index < -0.39 is 11.5 Å². The molecule has 1 amide bonds. The fourth-order valence-electron chi connectivity index (χ4n) is 1.54. The van der Waals surface area contributed by atoms with Gasteiger partial charge in [0.25, 0.3) is 5.91 Å². The van der Waals surface area contributed by atoms with Crippen molar-refractivity contribution in [2.75, 3.05) is 0 Å². The van der Waals surface area contributed by atoms with Crippen molar-refractivity contribution in [3.63, 3.8) is 0 Å². The molecule has 0 spiro atoms. The zero-order chi connectivity index (χ0) is 13.1. The molecule has 0 aliphatic heterocycles. The van der Waals surface area contributed by atoms with Gasteiger partial charge in [-0.15, -0.1) is 0 Å². The first-order valence-electron chi connectivity index (χ1n) is 5.49. The van der Waals surface area contributed by atoms with E-state index in [9.17, 15) is 9.59 Å². The van der Waals surface area contributed by atoms with Crippen molar-refractivity contribution in [2.45, 2.75) is 39.2 Å². The highest BCUT2D eigenvalue weighted by Gasteiger charge is 2.23. The lowest BCUT2D eigenvalue weighted by Crippen LogP contribution is -2.43. The molecule has 1 heterocycles. The second kappa shape index (κ2) is 5.03. The van der Waals surface area contributed by atoms with Gasteiger partial charge in [-0.2, -0.15) is 0 Å². The molecule has 3 N–H and O–H groups in total. The van der Waals surface area contributed by atoms with E-state index in [1.165, 1.54) is 0 Å². The van der Waals surface area contributed by atoms with Crippen molar-refractivity contribution in [2.24, 2.45) is 0 Å². The highest BCUT2D eigenvalue weighted by Crippen LogP contribution is 2.14. The van der Waals surface area contributed by atoms with Gasteiger partial charge in [0.1, 0.15) is 0 Å². The molecule has 0 bridgehead atoms. The Morgan fingerprint density at radius 2 is 2.06 bits per heavy atom. The summed E-state index contributed by atoms with van der Waals surface area (Å²) >= 11 is 0. The predicted molar refractivity (Wildman–Crippen MR) is 63.9 cm³/mol. The number of nitrogens with one attached hydrogen (secondary N) is 2. The van der Waals surface area contributed by atoms with Gasteiger partial charge in [-0.05, 0) is 32.8 Å². The fraction of sp³-hybridized carbons (Fsp3) is 0.500. The third-order valence-corrected chi connectivity index (χ3v) is 2.61. The highest BCUT2D eigenvalue weighted by atomic mass is 16.4. The van der Waals surface area contributed by atoms with E-state index in [2.05, 4.69) is 10.3 Å². The minimum Gasteiger partial charge on any atom is -0.481 e. The average Bonchev–Trinajstić information content (AvgIpc) is 2.61. The molecule has 1 aromatic heterocycles. The van der Waals surface area contributed by atoms with Crippen LogP contribution < -0.4 is 5.32 Å². The van der Waals surface area contributed by atoms with Crippen LogP contribution in [0.25, 0.3) is 0 Å². The first-order chi connectivity index (χ1) is 7.82. The van der Waals surface area contributed by atoms with Crippen LogP contribution in [0.1, 0.15) is 42.6 Å². The van der Waals surface area contributed by atoms with Gasteiger partial charge in [-0.3, -0.25) is 9.59 Å². The molecule has 0 aliphatic rings. The summed E-state index contributed by atoms with van der Waals surface area (Å²) in [6.45, 7) is 5.47. The summed E-state index contributed by atoms with van der Waals surface area (Å²) in [6, 6.07) is 0. The number of amides is 1. The zero-order valence-electron chi connectivity index (χ0n) is 10.3. The van der Waals surface area contributed by atoms with Crippen LogP contribution in [0, 0.1) is 6.92 Å². The van der Waals surface area contributed by atoms with Crippen molar-refractivity contribution >= 4 is 11.9 Å². The quantitative estimate of drug-likeness (QED) is 0.730. The number of aryl methyl sites for hydroxylation is 1. The highest BCUT2D eigenvalue weighted by molar-refractivity contribution is 5.95. The standard InChI is InChI=1S/C12H18N2O3/c1-8-6-13-7-9(8)11(17)14-12(2,3)5-4-10(15)16/h6-7,13H,4-5H2,1-3H3,(H,14,17)(H,15,16). The second-order valence-electron chi connectivity index (χ2n) is 4.78. The Morgan fingerprint density at radius 3 is 2.53 bits per heavy atom. The van der Waals surface area contributed by atoms with E-state index in [0.717, 1.165) is 5.56 Å². The summed E-state index contributed by atoms with van der Waals surface area (Å²) in [5.74, 6) is -1.04. The molecule has 0 fully saturated rings. The molecule has 0 unspecified atom stereocenters. The molecule has 94 valence electrons. The maximum absolute atomic E-state index is 11.9. The SMILES string of the molecule is Cc1c[nH]cc1C(=O)NC(C)(C)CCC(=O)O. The average molecular weight is 238 g/mol. The van der Waals surface area contributed by atoms with Crippen molar-refractivity contribution < 1.29 is 14.7 Å². The number of rotatable bonds is 5. The van der Waals surface area contributed by atoms with Crippen LogP contribution in [0.5, 0.6) is 0 Å². The Hall–Kier alpha value is -1.78. The molecule has 5 heteroatoms. The van der Waals surface area contributed by atoms with E-state index in [0.29, 0.717) is 12.0 Å². The van der Waals surface area contributed by atoms with E-state index >= 15 is 0 Å². The maximum atomic E-state index is 11.9. The van der Waals surface area contributed by atoms with Crippen LogP contribution in [0.3, 0.4) is 0 Å². The van der Waals surface area contributed by atoms with Crippen LogP contribution in [0.4, 0.5) is 0 Å². The molecular weight excluding hydrogens is 220 g/mol. The molecule has 5 nitrogen and oxygen atoms in total. The largest absolute Gasteiger partial charge is 0.481 e. The maximum Gasteiger partial charge on any atom is 0.303 e. The molecule has 0 saturated heterocycles. The number of carbonyl (C=O) groups is 2. The van der Waals surface area contributed by atoms with Gasteiger partial charge in [0, 0.05) is 24.4 Å². The van der Waals surface area contributed by atoms with E-state index in [-0.39, 0.29) is 12.3 Å². The summed E-state index contributed by atoms with van der Waals surface area (Å²) in [7, 11) is 0. The number of carbonyl (C=O) groups excluding carboxylic acids is 1. The summed E-state index contributed by atoms with van der Waals surface area (Å²) in [6.07, 6.45) is 3.83. The lowest BCUT2D eigenvalue weighted by molar-refractivity contribution is -0.137. The number of hydrogen-bond donors (Lipinski definition) is 3. The lowest BCUT2D eigenvalue weighted by Gasteiger charge is -2.25. The van der Waals surface area contributed by atoms with Crippen molar-refractivity contribution in [3.05, 3.63) is 23.5 Å². The molecule has 0 radical (unpaired) electrons. The molecule has 0 aromatic carbocycles. The number of hydrogen-bond acceptors (Lipinski definition) is 2. The minimum atomic E-state index is -0.856. The first kappa shape index (κ1) is 13.3. The third kappa shape index (κ3) is 3.94. The van der Waals surface area contributed by atoms with Crippen LogP contribution in [0.15, 0.2) is 12.4 Å². The first-order valence-corrected chi connectivity index (χ1v) is 5.49. The van der Waals surface area contributed by atoms with Crippen LogP contribution in [-0.4, -0.2) is 27.5 Å². The summed E-state index contributed by atoms with van der Waals surface area (Å²) in [5, 5.41) is 11.5. The van der Waals surface area contributed by atoms with Gasteiger partial charge in [0.2, 0.25) is 0 Å². The summed E-state index contributed by atoms with van der Waals surface area (Å²) in [5.41, 5.74) is 0.934. The van der Waals surface area contributed by atoms with Crippen LogP contribution in [0.2, 0.25) is 0 Å². The normalized spacial score (nSPS) is 11.2. The molecule has 0 saturated carbocycles. The Bertz CT molecular complexity index is 421. The monoisotopic (exact) mass is 238 g/mol. The Kier molecular flexibility index (Phi) is 3.93. The lowest BCUT2D eigenvalue weighted by atomic mass is 9.97. The van der Waals surface area contributed by atoms with Gasteiger partial charge in [-0.25, -0.2) is 0 Å². The van der Waals surface area contributed by atoms with Gasteiger partial charge in [-0.1, -0.05) is 0 Å². The Morgan fingerprint density at radius 1 is 1.41 bits per heavy atom. The van der Waals surface area contributed by atoms with Crippen LogP contribution >= 0.6 is 0 Å². The summed E-state index contributed by atoms with van der Waals surface area (Å²) < 4.78 is 0. The summed E-state index contributed by atoms with van der Waals surface area (Å²) in [4.78, 5) is 25.3. The molecule has 1 rings (SSSR count). The zero-order valence-corrected chi connectivity index (χ0v) is 10.3. The number of carboxylic acid groups (broad SMARTS) is 1. The molecule has 17 heavy (non-hydrogen) atoms. The third-order valence-electron chi connectivity index (χ3n) is 2.61. The number of carboxylic acids is 1. The molecular formula is C12H18N2O3. The predicted octanol–water partition coefficient (Wildman–Crippen LogP) is 1.70. The van der Waals surface area contributed by atoms with Crippen molar-refractivity contribution in [1.82, 2.24) is 10.3 Å². The van der Waals surface area contributed by atoms with Gasteiger partial charge < -0.3 is 15.4 Å². The smallest absolute Gasteiger partial charge is 0.303 e. The number of H-pyrrole nitrogens is 1. The Balaban J connectivity index is 2.61. The van der Waals surface area contributed by atoms with Crippen molar-refractivity contribution in [3.8, 4) is 0 Å². The van der Waals surface area contributed by atoms with E-state index in [1.807, 2.05) is 20.8 Å². The molecule has 0 aliphatic carbocycles. The number of aromatic nitrogens is 1. The topological polar surface area (TPSA) is 82.2 Å². The van der Waals surface area contributed by atoms with Gasteiger partial charge in [0.15, 0.2) is 0 Å². The fourth-order valence-corrected chi connectivity index (χ4v) is 1.54. The second-order valence-corrected chi connectivity index (χ2v) is 4.78. The van der Waals surface area contributed by atoms with E-state index in [1.54, 1.807) is 12.4 Å². The van der Waals surface area contributed by atoms with Gasteiger partial charge >= 0.3 is 5.97 Å².